The van der Waals surface area contributed by atoms with Crippen LogP contribution in [0.15, 0.2) is 65.1 Å². The third-order valence-corrected chi connectivity index (χ3v) is 7.67. The first-order chi connectivity index (χ1) is 19.4. The van der Waals surface area contributed by atoms with E-state index < -0.39 is 31.3 Å². The summed E-state index contributed by atoms with van der Waals surface area (Å²) >= 11 is 0. The van der Waals surface area contributed by atoms with Crippen LogP contribution in [-0.2, 0) is 0 Å². The van der Waals surface area contributed by atoms with Crippen LogP contribution in [0.4, 0.5) is 5.69 Å². The van der Waals surface area contributed by atoms with Crippen LogP contribution in [0.3, 0.4) is 0 Å². The van der Waals surface area contributed by atoms with Crippen LogP contribution in [0.5, 0.6) is 0 Å². The van der Waals surface area contributed by atoms with Crippen molar-refractivity contribution in [3.05, 3.63) is 71.6 Å². The Morgan fingerprint density at radius 3 is 2.17 bits per heavy atom. The highest BCUT2D eigenvalue weighted by Crippen LogP contribution is 2.42. The highest BCUT2D eigenvalue weighted by Gasteiger charge is 2.32. The fourth-order valence-corrected chi connectivity index (χ4v) is 5.20. The third kappa shape index (κ3) is 5.47. The number of fused-ring (bicyclic) bond motifs is 2. The number of carbonyl (C=O) groups excluding carboxylic acids is 1. The van der Waals surface area contributed by atoms with Crippen molar-refractivity contribution in [3.63, 3.8) is 0 Å². The highest BCUT2D eigenvalue weighted by molar-refractivity contribution is 6.09. The van der Waals surface area contributed by atoms with Gasteiger partial charge in [-0.05, 0) is 57.5 Å². The molecule has 2 aliphatic rings. The van der Waals surface area contributed by atoms with Crippen LogP contribution in [0, 0.1) is 0 Å². The predicted octanol–water partition coefficient (Wildman–Crippen LogP) is 3.31. The van der Waals surface area contributed by atoms with Gasteiger partial charge in [0.05, 0.1) is 25.9 Å². The predicted molar refractivity (Wildman–Crippen MR) is 160 cm³/mol. The van der Waals surface area contributed by atoms with E-state index in [9.17, 15) is 20.1 Å². The molecule has 40 heavy (non-hydrogen) atoms. The summed E-state index contributed by atoms with van der Waals surface area (Å²) in [6.45, 7) is 10.1. The molecule has 0 atom stereocenters. The molecule has 0 bridgehead atoms. The van der Waals surface area contributed by atoms with E-state index in [1.807, 2.05) is 36.4 Å². The van der Waals surface area contributed by atoms with E-state index >= 15 is 0 Å². The lowest BCUT2D eigenvalue weighted by molar-refractivity contribution is 0.0375. The van der Waals surface area contributed by atoms with Gasteiger partial charge < -0.3 is 30.0 Å². The number of amides is 1. The van der Waals surface area contributed by atoms with Crippen LogP contribution in [0.2, 0.25) is 0 Å². The summed E-state index contributed by atoms with van der Waals surface area (Å²) in [6.07, 6.45) is 0. The molecule has 212 valence electrons. The number of rotatable bonds is 11. The van der Waals surface area contributed by atoms with Crippen LogP contribution in [0.25, 0.3) is 33.4 Å². The first kappa shape index (κ1) is 29.3. The summed E-state index contributed by atoms with van der Waals surface area (Å²) in [4.78, 5) is 15.8. The molecule has 0 radical (unpaired) electrons. The van der Waals surface area contributed by atoms with Crippen molar-refractivity contribution in [1.29, 1.82) is 0 Å². The van der Waals surface area contributed by atoms with Gasteiger partial charge in [-0.2, -0.15) is 0 Å². The molecule has 4 N–H and O–H groups in total. The zero-order chi connectivity index (χ0) is 28.9. The normalized spacial score (nSPS) is 11.7. The van der Waals surface area contributed by atoms with Gasteiger partial charge in [0.15, 0.2) is 0 Å². The molecule has 0 unspecified atom stereocenters. The Labute approximate surface area is 235 Å². The number of nitrogens with one attached hydrogen (secondary N) is 1. The maximum absolute atomic E-state index is 13.6. The van der Waals surface area contributed by atoms with E-state index in [0.717, 1.165) is 53.7 Å². The van der Waals surface area contributed by atoms with Gasteiger partial charge in [-0.3, -0.25) is 4.79 Å². The summed E-state index contributed by atoms with van der Waals surface area (Å²) in [5.74, 6) is 0.198. The second kappa shape index (κ2) is 12.6. The molecule has 1 heterocycles. The monoisotopic (exact) mass is 546 g/mol. The van der Waals surface area contributed by atoms with Crippen molar-refractivity contribution >= 4 is 22.6 Å². The van der Waals surface area contributed by atoms with Gasteiger partial charge >= 0.3 is 0 Å². The Bertz CT molecular complexity index is 1500. The first-order valence-electron chi connectivity index (χ1n) is 14.0. The van der Waals surface area contributed by atoms with Crippen molar-refractivity contribution in [2.24, 2.45) is 0 Å². The molecule has 0 saturated heterocycles. The SMILES string of the molecule is CCN(CC)c1ccc2c(-c3ccccc3C(=O)NC(CO)(CO)CO)c3ccc(=[N+](CC)CC)cc-3oc2c1. The Kier molecular flexibility index (Phi) is 9.25. The van der Waals surface area contributed by atoms with Crippen molar-refractivity contribution in [2.75, 3.05) is 50.9 Å². The summed E-state index contributed by atoms with van der Waals surface area (Å²) in [7, 11) is 0. The molecule has 1 amide bonds. The van der Waals surface area contributed by atoms with Crippen LogP contribution < -0.4 is 20.1 Å². The van der Waals surface area contributed by atoms with E-state index in [4.69, 9.17) is 4.42 Å². The zero-order valence-electron chi connectivity index (χ0n) is 23.8. The molecule has 1 aliphatic carbocycles. The first-order valence-corrected chi connectivity index (χ1v) is 14.0. The van der Waals surface area contributed by atoms with Crippen molar-refractivity contribution < 1.29 is 24.5 Å². The van der Waals surface area contributed by atoms with Gasteiger partial charge in [-0.15, -0.1) is 0 Å². The van der Waals surface area contributed by atoms with E-state index in [-0.39, 0.29) is 0 Å². The standard InChI is InChI=1S/C32H39N3O5/c1-5-34(6-2)22-13-15-26-28(17-22)40-29-18-23(35(7-3)8-4)14-16-27(29)30(26)24-11-9-10-12-25(24)31(39)33-32(19-36,20-37)21-38/h9-18,36-38H,5-8,19-21H2,1-4H3/p+1. The van der Waals surface area contributed by atoms with E-state index in [2.05, 4.69) is 54.6 Å². The number of aliphatic hydroxyl groups is 3. The minimum absolute atomic E-state index is 0.358. The fraction of sp³-hybridized carbons (Fsp3) is 0.375. The summed E-state index contributed by atoms with van der Waals surface area (Å²) in [5.41, 5.74) is 2.96. The molecular weight excluding hydrogens is 506 g/mol. The lowest BCUT2D eigenvalue weighted by Crippen LogP contribution is -2.57. The minimum Gasteiger partial charge on any atom is -0.456 e. The number of nitrogens with zero attached hydrogens (tertiary/aromatic N) is 2. The molecular formula is C32H40N3O5+. The highest BCUT2D eigenvalue weighted by atomic mass is 16.3. The molecule has 1 aliphatic heterocycles. The molecule has 0 saturated carbocycles. The van der Waals surface area contributed by atoms with Crippen LogP contribution in [-0.4, -0.2) is 72.8 Å². The number of carbonyl (C=O) groups is 1. The van der Waals surface area contributed by atoms with Gasteiger partial charge in [0, 0.05) is 53.0 Å². The number of aliphatic hydroxyl groups excluding tert-OH is 3. The van der Waals surface area contributed by atoms with Gasteiger partial charge in [-0.1, -0.05) is 18.2 Å². The second-order valence-electron chi connectivity index (χ2n) is 9.94. The molecule has 0 spiro atoms. The van der Waals surface area contributed by atoms with Gasteiger partial charge in [0.1, 0.15) is 30.0 Å². The quantitative estimate of drug-likeness (QED) is 0.170. The van der Waals surface area contributed by atoms with Crippen molar-refractivity contribution in [2.45, 2.75) is 33.2 Å². The minimum atomic E-state index is -1.54. The Hall–Kier alpha value is -3.72. The summed E-state index contributed by atoms with van der Waals surface area (Å²) in [6, 6.07) is 19.5. The van der Waals surface area contributed by atoms with Crippen molar-refractivity contribution in [1.82, 2.24) is 9.89 Å². The maximum Gasteiger partial charge on any atom is 0.252 e. The molecule has 8 nitrogen and oxygen atoms in total. The molecule has 0 fully saturated rings. The largest absolute Gasteiger partial charge is 0.456 e. The Morgan fingerprint density at radius 2 is 1.55 bits per heavy atom. The fourth-order valence-electron chi connectivity index (χ4n) is 5.20. The Balaban J connectivity index is 2.04. The topological polar surface area (TPSA) is 109 Å². The summed E-state index contributed by atoms with van der Waals surface area (Å²) < 4.78 is 8.80. The van der Waals surface area contributed by atoms with Crippen molar-refractivity contribution in [3.8, 4) is 22.5 Å². The molecule has 0 aromatic heterocycles. The maximum atomic E-state index is 13.6. The van der Waals surface area contributed by atoms with Crippen LogP contribution in [0.1, 0.15) is 38.1 Å². The second-order valence-corrected chi connectivity index (χ2v) is 9.94. The van der Waals surface area contributed by atoms with E-state index in [1.165, 1.54) is 0 Å². The average molecular weight is 547 g/mol. The molecule has 4 rings (SSSR count). The van der Waals surface area contributed by atoms with Crippen LogP contribution >= 0.6 is 0 Å². The average Bonchev–Trinajstić information content (AvgIpc) is 2.99. The molecule has 2 aromatic carbocycles. The lowest BCUT2D eigenvalue weighted by Gasteiger charge is -2.29. The van der Waals surface area contributed by atoms with Gasteiger partial charge in [0.25, 0.3) is 5.91 Å². The van der Waals surface area contributed by atoms with E-state index in [0.29, 0.717) is 22.5 Å². The zero-order valence-corrected chi connectivity index (χ0v) is 23.8. The molecule has 2 aromatic rings. The van der Waals surface area contributed by atoms with Gasteiger partial charge in [0.2, 0.25) is 5.36 Å². The number of hydrogen-bond donors (Lipinski definition) is 4. The lowest BCUT2D eigenvalue weighted by atomic mass is 9.90. The smallest absolute Gasteiger partial charge is 0.252 e. The number of benzene rings is 3. The Morgan fingerprint density at radius 1 is 0.875 bits per heavy atom. The number of anilines is 1. The molecule has 8 heteroatoms. The number of hydrogen-bond acceptors (Lipinski definition) is 6. The van der Waals surface area contributed by atoms with Gasteiger partial charge in [-0.25, -0.2) is 4.58 Å². The third-order valence-electron chi connectivity index (χ3n) is 7.67. The van der Waals surface area contributed by atoms with E-state index in [1.54, 1.807) is 12.1 Å². The summed E-state index contributed by atoms with van der Waals surface area (Å²) in [5, 5.41) is 34.0.